The first-order chi connectivity index (χ1) is 16.9. The second kappa shape index (κ2) is 15.5. The van der Waals surface area contributed by atoms with Crippen LogP contribution in [0.1, 0.15) is 65.0 Å². The lowest BCUT2D eigenvalue weighted by Gasteiger charge is -2.32. The number of unbranched alkanes of at least 4 members (excludes halogenated alkanes) is 1. The van der Waals surface area contributed by atoms with Crippen molar-refractivity contribution >= 4 is 17.7 Å². The van der Waals surface area contributed by atoms with Crippen LogP contribution in [-0.4, -0.2) is 35.8 Å². The van der Waals surface area contributed by atoms with E-state index in [9.17, 15) is 9.59 Å². The second-order valence-corrected chi connectivity index (χ2v) is 8.20. The maximum atomic E-state index is 13.0. The summed E-state index contributed by atoms with van der Waals surface area (Å²) < 4.78 is 5.01. The van der Waals surface area contributed by atoms with Crippen molar-refractivity contribution in [2.24, 2.45) is 22.7 Å². The van der Waals surface area contributed by atoms with Crippen molar-refractivity contribution in [3.63, 3.8) is 0 Å². The summed E-state index contributed by atoms with van der Waals surface area (Å²) in [6.07, 6.45) is 2.08. The second-order valence-electron chi connectivity index (χ2n) is 8.20. The number of ether oxygens (including phenoxy) is 1. The molecule has 0 aliphatic rings. The van der Waals surface area contributed by atoms with Crippen molar-refractivity contribution in [1.82, 2.24) is 10.3 Å². The van der Waals surface area contributed by atoms with Crippen molar-refractivity contribution in [2.75, 3.05) is 7.11 Å². The average molecular weight is 484 g/mol. The molecule has 0 radical (unpaired) electrons. The first kappa shape index (κ1) is 29.6. The SMILES string of the molecule is CC.CCCCC(=O)N(Cc1ccc(-c2ccccc2/C(=N/N)NN)cc1)C(C(=O)OC)C(C)C. The zero-order valence-electron chi connectivity index (χ0n) is 21.9. The molecule has 35 heavy (non-hydrogen) atoms. The maximum Gasteiger partial charge on any atom is 0.328 e. The minimum absolute atomic E-state index is 0.0480. The van der Waals surface area contributed by atoms with Gasteiger partial charge in [0, 0.05) is 18.5 Å². The van der Waals surface area contributed by atoms with E-state index in [2.05, 4.69) is 10.5 Å². The monoisotopic (exact) mass is 483 g/mol. The van der Waals surface area contributed by atoms with Gasteiger partial charge in [-0.05, 0) is 29.0 Å². The van der Waals surface area contributed by atoms with E-state index in [-0.39, 0.29) is 11.8 Å². The highest BCUT2D eigenvalue weighted by molar-refractivity contribution is 6.04. The van der Waals surface area contributed by atoms with Gasteiger partial charge in [0.15, 0.2) is 5.84 Å². The van der Waals surface area contributed by atoms with Crippen LogP contribution in [-0.2, 0) is 20.9 Å². The van der Waals surface area contributed by atoms with Gasteiger partial charge in [0.05, 0.1) is 7.11 Å². The van der Waals surface area contributed by atoms with E-state index in [1.807, 2.05) is 83.1 Å². The van der Waals surface area contributed by atoms with E-state index in [0.717, 1.165) is 35.1 Å². The number of carbonyl (C=O) groups excluding carboxylic acids is 2. The average Bonchev–Trinajstić information content (AvgIpc) is 2.89. The number of nitrogens with two attached hydrogens (primary N) is 2. The summed E-state index contributed by atoms with van der Waals surface area (Å²) in [4.78, 5) is 27.2. The van der Waals surface area contributed by atoms with Crippen LogP contribution in [0.4, 0.5) is 0 Å². The Labute approximate surface area is 209 Å². The topological polar surface area (TPSA) is 123 Å². The molecule has 2 aromatic rings. The lowest BCUT2D eigenvalue weighted by Crippen LogP contribution is -2.48. The Morgan fingerprint density at radius 1 is 1.09 bits per heavy atom. The minimum atomic E-state index is -0.640. The normalized spacial score (nSPS) is 11.8. The Balaban J connectivity index is 0.00000298. The lowest BCUT2D eigenvalue weighted by atomic mass is 9.97. The van der Waals surface area contributed by atoms with Gasteiger partial charge in [-0.1, -0.05) is 89.6 Å². The van der Waals surface area contributed by atoms with Crippen LogP contribution in [0.25, 0.3) is 11.1 Å². The zero-order valence-corrected chi connectivity index (χ0v) is 21.9. The Morgan fingerprint density at radius 3 is 2.23 bits per heavy atom. The predicted molar refractivity (Wildman–Crippen MR) is 142 cm³/mol. The quantitative estimate of drug-likeness (QED) is 0.153. The predicted octanol–water partition coefficient (Wildman–Crippen LogP) is 4.18. The molecule has 192 valence electrons. The van der Waals surface area contributed by atoms with Gasteiger partial charge >= 0.3 is 5.97 Å². The molecule has 1 atom stereocenters. The molecule has 0 bridgehead atoms. The van der Waals surface area contributed by atoms with Crippen LogP contribution >= 0.6 is 0 Å². The Bertz CT molecular complexity index is 958. The Hall–Kier alpha value is -3.39. The van der Waals surface area contributed by atoms with E-state index in [0.29, 0.717) is 18.8 Å². The number of benzene rings is 2. The number of hydrazine groups is 1. The number of nitrogens with one attached hydrogen (secondary N) is 1. The highest BCUT2D eigenvalue weighted by atomic mass is 16.5. The summed E-state index contributed by atoms with van der Waals surface area (Å²) in [5.41, 5.74) is 6.07. The molecule has 0 aliphatic heterocycles. The van der Waals surface area contributed by atoms with Crippen LogP contribution in [0, 0.1) is 5.92 Å². The van der Waals surface area contributed by atoms with E-state index in [4.69, 9.17) is 16.4 Å². The first-order valence-electron chi connectivity index (χ1n) is 12.2. The number of hydrogen-bond donors (Lipinski definition) is 3. The number of carbonyl (C=O) groups is 2. The van der Waals surface area contributed by atoms with Crippen molar-refractivity contribution in [2.45, 2.75) is 66.5 Å². The molecule has 5 N–H and O–H groups in total. The molecule has 0 aliphatic carbocycles. The number of methoxy groups -OCH3 is 1. The fraction of sp³-hybridized carbons (Fsp3) is 0.444. The number of amides is 1. The van der Waals surface area contributed by atoms with E-state index in [1.54, 1.807) is 4.90 Å². The Morgan fingerprint density at radius 2 is 1.71 bits per heavy atom. The number of amidine groups is 1. The molecule has 1 unspecified atom stereocenters. The summed E-state index contributed by atoms with van der Waals surface area (Å²) in [5, 5.41) is 3.72. The van der Waals surface area contributed by atoms with Crippen LogP contribution < -0.4 is 17.1 Å². The third kappa shape index (κ3) is 8.10. The van der Waals surface area contributed by atoms with Crippen LogP contribution in [0.2, 0.25) is 0 Å². The highest BCUT2D eigenvalue weighted by Gasteiger charge is 2.33. The maximum absolute atomic E-state index is 13.0. The molecular formula is C27H41N5O3. The number of nitrogens with zero attached hydrogens (tertiary/aromatic N) is 2. The molecule has 0 fully saturated rings. The summed E-state index contributed by atoms with van der Waals surface area (Å²) >= 11 is 0. The summed E-state index contributed by atoms with van der Waals surface area (Å²) in [6, 6.07) is 14.9. The smallest absolute Gasteiger partial charge is 0.328 e. The minimum Gasteiger partial charge on any atom is -0.467 e. The van der Waals surface area contributed by atoms with Crippen molar-refractivity contribution < 1.29 is 14.3 Å². The van der Waals surface area contributed by atoms with Gasteiger partial charge in [-0.15, -0.1) is 0 Å². The molecule has 8 nitrogen and oxygen atoms in total. The summed E-state index contributed by atoms with van der Waals surface area (Å²) in [5.74, 6) is 10.9. The molecule has 0 spiro atoms. The zero-order chi connectivity index (χ0) is 26.4. The molecule has 0 heterocycles. The molecule has 8 heteroatoms. The van der Waals surface area contributed by atoms with Crippen LogP contribution in [0.15, 0.2) is 53.6 Å². The number of esters is 1. The molecule has 0 aromatic heterocycles. The molecule has 2 aromatic carbocycles. The summed E-state index contributed by atoms with van der Waals surface area (Å²) in [6.45, 7) is 10.2. The molecule has 1 amide bonds. The fourth-order valence-electron chi connectivity index (χ4n) is 3.81. The van der Waals surface area contributed by atoms with Gasteiger partial charge in [0.25, 0.3) is 0 Å². The van der Waals surface area contributed by atoms with Crippen molar-refractivity contribution in [1.29, 1.82) is 0 Å². The van der Waals surface area contributed by atoms with Gasteiger partial charge in [-0.25, -0.2) is 10.6 Å². The van der Waals surface area contributed by atoms with Crippen LogP contribution in [0.5, 0.6) is 0 Å². The largest absolute Gasteiger partial charge is 0.467 e. The molecule has 0 saturated carbocycles. The van der Waals surface area contributed by atoms with Gasteiger partial charge in [-0.2, -0.15) is 5.10 Å². The number of rotatable bonds is 10. The van der Waals surface area contributed by atoms with Gasteiger partial charge < -0.3 is 20.9 Å². The van der Waals surface area contributed by atoms with Gasteiger partial charge in [-0.3, -0.25) is 4.79 Å². The van der Waals surface area contributed by atoms with Crippen LogP contribution in [0.3, 0.4) is 0 Å². The first-order valence-corrected chi connectivity index (χ1v) is 12.2. The fourth-order valence-corrected chi connectivity index (χ4v) is 3.81. The van der Waals surface area contributed by atoms with E-state index >= 15 is 0 Å². The number of hydrogen-bond acceptors (Lipinski definition) is 6. The van der Waals surface area contributed by atoms with E-state index < -0.39 is 12.0 Å². The molecule has 0 saturated heterocycles. The van der Waals surface area contributed by atoms with Gasteiger partial charge in [0.2, 0.25) is 5.91 Å². The Kier molecular flexibility index (Phi) is 13.1. The number of hydrazone groups is 1. The molecular weight excluding hydrogens is 442 g/mol. The summed E-state index contributed by atoms with van der Waals surface area (Å²) in [7, 11) is 1.35. The highest BCUT2D eigenvalue weighted by Crippen LogP contribution is 2.25. The third-order valence-electron chi connectivity index (χ3n) is 5.54. The third-order valence-corrected chi connectivity index (χ3v) is 5.54. The molecule has 2 rings (SSSR count). The van der Waals surface area contributed by atoms with Crippen molar-refractivity contribution in [3.8, 4) is 11.1 Å². The van der Waals surface area contributed by atoms with Crippen molar-refractivity contribution in [3.05, 3.63) is 59.7 Å². The lowest BCUT2D eigenvalue weighted by molar-refractivity contribution is -0.155. The van der Waals surface area contributed by atoms with E-state index in [1.165, 1.54) is 7.11 Å². The standard InChI is InChI=1S/C25H35N5O3.C2H6/c1-5-6-11-22(31)30(23(17(2)3)25(32)33-4)16-18-12-14-19(15-13-18)20-9-7-8-10-21(20)24(28-26)29-27;1-2/h7-10,12-15,17,23H,5-6,11,16,26-27H2,1-4H3,(H,28,29);1-2H3. The van der Waals surface area contributed by atoms with Gasteiger partial charge in [0.1, 0.15) is 6.04 Å².